The van der Waals surface area contributed by atoms with Gasteiger partial charge in [-0.15, -0.1) is 0 Å². The molecule has 0 amide bonds. The van der Waals surface area contributed by atoms with Crippen LogP contribution in [0.25, 0.3) is 10.9 Å². The van der Waals surface area contributed by atoms with Gasteiger partial charge in [0.05, 0.1) is 25.8 Å². The molecule has 1 aliphatic heterocycles. The van der Waals surface area contributed by atoms with Crippen molar-refractivity contribution in [2.75, 3.05) is 25.6 Å². The van der Waals surface area contributed by atoms with Crippen molar-refractivity contribution in [2.45, 2.75) is 12.5 Å². The van der Waals surface area contributed by atoms with E-state index >= 15 is 0 Å². The lowest BCUT2D eigenvalue weighted by Crippen LogP contribution is -2.15. The summed E-state index contributed by atoms with van der Waals surface area (Å²) in [5.74, 6) is 1.52. The molecule has 5 nitrogen and oxygen atoms in total. The summed E-state index contributed by atoms with van der Waals surface area (Å²) < 4.78 is 16.8. The van der Waals surface area contributed by atoms with Crippen LogP contribution in [0.15, 0.2) is 54.7 Å². The molecule has 1 unspecified atom stereocenters. The molecule has 0 radical (unpaired) electrons. The number of ether oxygens (including phenoxy) is 3. The van der Waals surface area contributed by atoms with E-state index in [1.165, 1.54) is 0 Å². The van der Waals surface area contributed by atoms with Crippen molar-refractivity contribution in [1.29, 1.82) is 0 Å². The van der Waals surface area contributed by atoms with E-state index in [-0.39, 0.29) is 6.10 Å². The Bertz CT molecular complexity index is 870. The van der Waals surface area contributed by atoms with Crippen LogP contribution in [0, 0.1) is 0 Å². The Labute approximate surface area is 146 Å². The smallest absolute Gasteiger partial charge is 0.125 e. The second-order valence-electron chi connectivity index (χ2n) is 6.00. The Morgan fingerprint density at radius 3 is 2.84 bits per heavy atom. The van der Waals surface area contributed by atoms with Crippen molar-refractivity contribution in [3.63, 3.8) is 0 Å². The van der Waals surface area contributed by atoms with Crippen molar-refractivity contribution in [1.82, 2.24) is 4.98 Å². The van der Waals surface area contributed by atoms with E-state index in [1.54, 1.807) is 13.3 Å². The van der Waals surface area contributed by atoms with Crippen molar-refractivity contribution in [3.05, 3.63) is 54.7 Å². The molecule has 2 heterocycles. The van der Waals surface area contributed by atoms with Gasteiger partial charge in [-0.2, -0.15) is 0 Å². The molecule has 1 fully saturated rings. The third-order valence-corrected chi connectivity index (χ3v) is 4.23. The van der Waals surface area contributed by atoms with E-state index in [9.17, 15) is 0 Å². The highest BCUT2D eigenvalue weighted by Crippen LogP contribution is 2.31. The van der Waals surface area contributed by atoms with Crippen molar-refractivity contribution < 1.29 is 14.2 Å². The van der Waals surface area contributed by atoms with Crippen molar-refractivity contribution in [3.8, 4) is 11.5 Å². The predicted molar refractivity (Wildman–Crippen MR) is 97.9 cm³/mol. The molecule has 0 aliphatic carbocycles. The van der Waals surface area contributed by atoms with E-state index in [4.69, 9.17) is 14.2 Å². The van der Waals surface area contributed by atoms with Crippen LogP contribution < -0.4 is 14.8 Å². The van der Waals surface area contributed by atoms with Gasteiger partial charge in [0.2, 0.25) is 0 Å². The summed E-state index contributed by atoms with van der Waals surface area (Å²) in [7, 11) is 1.66. The standard InChI is InChI=1S/C20H20N2O3/c1-23-16-10-14(11-17(12-16)25-15-7-9-24-13-15)22-20-6-8-21-19-5-3-2-4-18(19)20/h2-6,8,10-12,15H,7,9,13H2,1H3,(H,21,22). The molecule has 0 bridgehead atoms. The number of fused-ring (bicyclic) bond motifs is 1. The number of pyridine rings is 1. The fourth-order valence-electron chi connectivity index (χ4n) is 2.99. The first-order valence-electron chi connectivity index (χ1n) is 8.36. The van der Waals surface area contributed by atoms with Crippen LogP contribution >= 0.6 is 0 Å². The van der Waals surface area contributed by atoms with Crippen LogP contribution in [-0.4, -0.2) is 31.4 Å². The zero-order chi connectivity index (χ0) is 17.1. The summed E-state index contributed by atoms with van der Waals surface area (Å²) in [6.45, 7) is 1.39. The molecule has 1 atom stereocenters. The Morgan fingerprint density at radius 1 is 1.12 bits per heavy atom. The predicted octanol–water partition coefficient (Wildman–Crippen LogP) is 4.15. The normalized spacial score (nSPS) is 16.8. The fraction of sp³-hybridized carbons (Fsp3) is 0.250. The quantitative estimate of drug-likeness (QED) is 0.758. The van der Waals surface area contributed by atoms with Gasteiger partial charge >= 0.3 is 0 Å². The third-order valence-electron chi connectivity index (χ3n) is 4.23. The lowest BCUT2D eigenvalue weighted by Gasteiger charge is -2.16. The van der Waals surface area contributed by atoms with E-state index < -0.39 is 0 Å². The summed E-state index contributed by atoms with van der Waals surface area (Å²) in [5, 5.41) is 4.52. The molecule has 2 aromatic carbocycles. The molecule has 1 N–H and O–H groups in total. The molecule has 1 saturated heterocycles. The largest absolute Gasteiger partial charge is 0.497 e. The second-order valence-corrected chi connectivity index (χ2v) is 6.00. The van der Waals surface area contributed by atoms with Gasteiger partial charge in [-0.3, -0.25) is 4.98 Å². The lowest BCUT2D eigenvalue weighted by molar-refractivity contribution is 0.141. The second kappa shape index (κ2) is 6.99. The van der Waals surface area contributed by atoms with Gasteiger partial charge in [-0.05, 0) is 12.1 Å². The molecule has 5 heteroatoms. The maximum Gasteiger partial charge on any atom is 0.125 e. The van der Waals surface area contributed by atoms with Gasteiger partial charge < -0.3 is 19.5 Å². The minimum Gasteiger partial charge on any atom is -0.497 e. The van der Waals surface area contributed by atoms with Crippen LogP contribution in [0.3, 0.4) is 0 Å². The van der Waals surface area contributed by atoms with E-state index in [0.29, 0.717) is 6.61 Å². The summed E-state index contributed by atoms with van der Waals surface area (Å²) in [6, 6.07) is 15.8. The highest BCUT2D eigenvalue weighted by Gasteiger charge is 2.18. The highest BCUT2D eigenvalue weighted by atomic mass is 16.5. The van der Waals surface area contributed by atoms with Crippen LogP contribution in [0.1, 0.15) is 6.42 Å². The van der Waals surface area contributed by atoms with Crippen LogP contribution in [0.5, 0.6) is 11.5 Å². The molecular formula is C20H20N2O3. The van der Waals surface area contributed by atoms with Gasteiger partial charge in [-0.1, -0.05) is 18.2 Å². The minimum atomic E-state index is 0.0988. The number of anilines is 2. The maximum atomic E-state index is 6.03. The van der Waals surface area contributed by atoms with Crippen LogP contribution in [-0.2, 0) is 4.74 Å². The molecule has 1 aromatic heterocycles. The maximum absolute atomic E-state index is 6.03. The first-order chi connectivity index (χ1) is 12.3. The van der Waals surface area contributed by atoms with Crippen molar-refractivity contribution in [2.24, 2.45) is 0 Å². The topological polar surface area (TPSA) is 52.6 Å². The van der Waals surface area contributed by atoms with Gasteiger partial charge in [-0.25, -0.2) is 0 Å². The van der Waals surface area contributed by atoms with Crippen LogP contribution in [0.2, 0.25) is 0 Å². The van der Waals surface area contributed by atoms with Crippen molar-refractivity contribution >= 4 is 22.3 Å². The number of hydrogen-bond donors (Lipinski definition) is 1. The number of nitrogens with zero attached hydrogens (tertiary/aromatic N) is 1. The molecule has 0 saturated carbocycles. The average molecular weight is 336 g/mol. The molecule has 4 rings (SSSR count). The molecule has 0 spiro atoms. The molecule has 1 aliphatic rings. The number of nitrogens with one attached hydrogen (secondary N) is 1. The summed E-state index contributed by atoms with van der Waals surface area (Å²) in [6.07, 6.45) is 2.81. The fourth-order valence-corrected chi connectivity index (χ4v) is 2.99. The number of rotatable bonds is 5. The first-order valence-corrected chi connectivity index (χ1v) is 8.36. The van der Waals surface area contributed by atoms with Gasteiger partial charge in [0.15, 0.2) is 0 Å². The zero-order valence-corrected chi connectivity index (χ0v) is 14.1. The van der Waals surface area contributed by atoms with E-state index in [0.717, 1.165) is 46.8 Å². The molecular weight excluding hydrogens is 316 g/mol. The summed E-state index contributed by atoms with van der Waals surface area (Å²) in [4.78, 5) is 4.40. The Balaban J connectivity index is 1.64. The highest BCUT2D eigenvalue weighted by molar-refractivity contribution is 5.92. The number of hydrogen-bond acceptors (Lipinski definition) is 5. The zero-order valence-electron chi connectivity index (χ0n) is 14.1. The number of benzene rings is 2. The monoisotopic (exact) mass is 336 g/mol. The lowest BCUT2D eigenvalue weighted by atomic mass is 10.2. The number of para-hydroxylation sites is 1. The Hall–Kier alpha value is -2.79. The van der Waals surface area contributed by atoms with Gasteiger partial charge in [0.1, 0.15) is 17.6 Å². The number of aromatic nitrogens is 1. The first kappa shape index (κ1) is 15.7. The average Bonchev–Trinajstić information content (AvgIpc) is 3.15. The number of methoxy groups -OCH3 is 1. The van der Waals surface area contributed by atoms with E-state index in [1.807, 2.05) is 42.5 Å². The summed E-state index contributed by atoms with van der Waals surface area (Å²) in [5.41, 5.74) is 2.86. The minimum absolute atomic E-state index is 0.0988. The SMILES string of the molecule is COc1cc(Nc2ccnc3ccccc23)cc(OC2CCOC2)c1. The Kier molecular flexibility index (Phi) is 4.39. The van der Waals surface area contributed by atoms with Gasteiger partial charge in [0, 0.05) is 47.6 Å². The van der Waals surface area contributed by atoms with E-state index in [2.05, 4.69) is 16.4 Å². The Morgan fingerprint density at radius 2 is 2.00 bits per heavy atom. The third kappa shape index (κ3) is 3.51. The summed E-state index contributed by atoms with van der Waals surface area (Å²) >= 11 is 0. The molecule has 3 aromatic rings. The molecule has 25 heavy (non-hydrogen) atoms. The molecule has 128 valence electrons. The van der Waals surface area contributed by atoms with Crippen LogP contribution in [0.4, 0.5) is 11.4 Å². The van der Waals surface area contributed by atoms with Gasteiger partial charge in [0.25, 0.3) is 0 Å².